The van der Waals surface area contributed by atoms with E-state index in [0.717, 1.165) is 41.7 Å². The van der Waals surface area contributed by atoms with Crippen molar-refractivity contribution >= 4 is 23.6 Å². The van der Waals surface area contributed by atoms with Crippen LogP contribution in [0.1, 0.15) is 40.0 Å². The van der Waals surface area contributed by atoms with Gasteiger partial charge in [-0.05, 0) is 55.7 Å². The first-order chi connectivity index (χ1) is 16.7. The second-order valence-electron chi connectivity index (χ2n) is 8.29. The monoisotopic (exact) mass is 478 g/mol. The van der Waals surface area contributed by atoms with Crippen molar-refractivity contribution in [2.24, 2.45) is 0 Å². The fourth-order valence-corrected chi connectivity index (χ4v) is 5.21. The first-order valence-corrected chi connectivity index (χ1v) is 12.4. The molecule has 0 saturated carbocycles. The van der Waals surface area contributed by atoms with Crippen LogP contribution in [0, 0.1) is 0 Å². The fraction of sp³-hybridized carbons (Fsp3) is 0.360. The third kappa shape index (κ3) is 4.45. The van der Waals surface area contributed by atoms with Gasteiger partial charge in [-0.25, -0.2) is 0 Å². The van der Waals surface area contributed by atoms with Crippen LogP contribution in [-0.4, -0.2) is 63.6 Å². The van der Waals surface area contributed by atoms with Gasteiger partial charge in [0.15, 0.2) is 11.0 Å². The molecule has 9 heteroatoms. The molecular weight excluding hydrogens is 452 g/mol. The average molecular weight is 479 g/mol. The molecule has 1 atom stereocenters. The summed E-state index contributed by atoms with van der Waals surface area (Å²) in [6.07, 6.45) is 2.89. The molecule has 1 saturated heterocycles. The number of thioether (sulfide) groups is 1. The zero-order valence-corrected chi connectivity index (χ0v) is 19.8. The minimum absolute atomic E-state index is 0.144. The SMILES string of the molecule is COc1ccc(-c2nnc(SCCCN3C(=O)c4ccccc4C3=O)n2CC2CCCO2)cc1. The number of nitrogens with zero attached hydrogens (tertiary/aromatic N) is 4. The number of fused-ring (bicyclic) bond motifs is 1. The number of imide groups is 1. The molecule has 2 amide bonds. The molecule has 176 valence electrons. The van der Waals surface area contributed by atoms with Crippen LogP contribution in [0.15, 0.2) is 53.7 Å². The van der Waals surface area contributed by atoms with E-state index in [1.54, 1.807) is 43.1 Å². The predicted molar refractivity (Wildman–Crippen MR) is 128 cm³/mol. The fourth-order valence-electron chi connectivity index (χ4n) is 4.33. The van der Waals surface area contributed by atoms with Gasteiger partial charge in [0.05, 0.1) is 30.9 Å². The van der Waals surface area contributed by atoms with E-state index in [-0.39, 0.29) is 17.9 Å². The molecule has 1 unspecified atom stereocenters. The first-order valence-electron chi connectivity index (χ1n) is 11.4. The van der Waals surface area contributed by atoms with Gasteiger partial charge < -0.3 is 9.47 Å². The van der Waals surface area contributed by atoms with Gasteiger partial charge in [0.25, 0.3) is 11.8 Å². The van der Waals surface area contributed by atoms with Gasteiger partial charge >= 0.3 is 0 Å². The Hall–Kier alpha value is -3.17. The molecule has 0 radical (unpaired) electrons. The highest BCUT2D eigenvalue weighted by atomic mass is 32.2. The lowest BCUT2D eigenvalue weighted by Gasteiger charge is -2.16. The maximum Gasteiger partial charge on any atom is 0.261 e. The van der Waals surface area contributed by atoms with Gasteiger partial charge in [0, 0.05) is 24.5 Å². The lowest BCUT2D eigenvalue weighted by atomic mass is 10.1. The van der Waals surface area contributed by atoms with Crippen LogP contribution in [0.2, 0.25) is 0 Å². The van der Waals surface area contributed by atoms with Crippen molar-refractivity contribution in [1.29, 1.82) is 0 Å². The van der Waals surface area contributed by atoms with Crippen molar-refractivity contribution in [3.63, 3.8) is 0 Å². The van der Waals surface area contributed by atoms with Gasteiger partial charge in [-0.15, -0.1) is 10.2 Å². The Morgan fingerprint density at radius 3 is 2.44 bits per heavy atom. The van der Waals surface area contributed by atoms with E-state index in [9.17, 15) is 9.59 Å². The molecule has 2 aliphatic rings. The van der Waals surface area contributed by atoms with E-state index in [4.69, 9.17) is 9.47 Å². The number of carbonyl (C=O) groups excluding carboxylic acids is 2. The molecule has 2 aliphatic heterocycles. The minimum atomic E-state index is -0.214. The van der Waals surface area contributed by atoms with Crippen molar-refractivity contribution in [1.82, 2.24) is 19.7 Å². The summed E-state index contributed by atoms with van der Waals surface area (Å²) < 4.78 is 13.3. The molecule has 0 aliphatic carbocycles. The Kier molecular flexibility index (Phi) is 6.64. The molecule has 34 heavy (non-hydrogen) atoms. The molecule has 1 fully saturated rings. The summed E-state index contributed by atoms with van der Waals surface area (Å²) >= 11 is 1.58. The van der Waals surface area contributed by atoms with Crippen molar-refractivity contribution < 1.29 is 19.1 Å². The van der Waals surface area contributed by atoms with Crippen LogP contribution in [-0.2, 0) is 11.3 Å². The van der Waals surface area contributed by atoms with Crippen LogP contribution in [0.25, 0.3) is 11.4 Å². The molecule has 1 aromatic heterocycles. The first kappa shape index (κ1) is 22.6. The number of methoxy groups -OCH3 is 1. The Labute approximate surface area is 202 Å². The highest BCUT2D eigenvalue weighted by Crippen LogP contribution is 2.29. The zero-order chi connectivity index (χ0) is 23.5. The molecule has 0 N–H and O–H groups in total. The summed E-state index contributed by atoms with van der Waals surface area (Å²) in [4.78, 5) is 26.5. The third-order valence-electron chi connectivity index (χ3n) is 6.11. The van der Waals surface area contributed by atoms with Crippen LogP contribution < -0.4 is 4.74 Å². The average Bonchev–Trinajstić information content (AvgIpc) is 3.58. The van der Waals surface area contributed by atoms with Gasteiger partial charge in [-0.3, -0.25) is 19.1 Å². The molecule has 5 rings (SSSR count). The summed E-state index contributed by atoms with van der Waals surface area (Å²) in [5.41, 5.74) is 1.94. The maximum absolute atomic E-state index is 12.6. The molecule has 3 aromatic rings. The second-order valence-corrected chi connectivity index (χ2v) is 9.35. The van der Waals surface area contributed by atoms with Crippen molar-refractivity contribution in [3.8, 4) is 17.1 Å². The van der Waals surface area contributed by atoms with Crippen molar-refractivity contribution in [2.75, 3.05) is 26.0 Å². The standard InChI is InChI=1S/C25H26N4O4S/c1-32-18-11-9-17(10-12-18)22-26-27-25(29(22)16-19-6-4-14-33-19)34-15-5-13-28-23(30)20-7-2-3-8-21(20)24(28)31/h2-3,7-12,19H,4-6,13-16H2,1H3. The number of rotatable bonds is 9. The van der Waals surface area contributed by atoms with Gasteiger partial charge in [0.2, 0.25) is 0 Å². The molecule has 0 bridgehead atoms. The molecular formula is C25H26N4O4S. The normalized spacial score (nSPS) is 17.4. The molecule has 2 aromatic carbocycles. The summed E-state index contributed by atoms with van der Waals surface area (Å²) in [6, 6.07) is 14.8. The van der Waals surface area contributed by atoms with Crippen LogP contribution in [0.4, 0.5) is 0 Å². The number of carbonyl (C=O) groups is 2. The van der Waals surface area contributed by atoms with E-state index in [0.29, 0.717) is 36.4 Å². The lowest BCUT2D eigenvalue weighted by Crippen LogP contribution is -2.31. The predicted octanol–water partition coefficient (Wildman–Crippen LogP) is 3.91. The van der Waals surface area contributed by atoms with Crippen LogP contribution >= 0.6 is 11.8 Å². The van der Waals surface area contributed by atoms with Crippen LogP contribution in [0.5, 0.6) is 5.75 Å². The van der Waals surface area contributed by atoms with E-state index in [2.05, 4.69) is 14.8 Å². The van der Waals surface area contributed by atoms with Gasteiger partial charge in [-0.1, -0.05) is 23.9 Å². The number of hydrogen-bond acceptors (Lipinski definition) is 7. The summed E-state index contributed by atoms with van der Waals surface area (Å²) in [5.74, 6) is 1.86. The largest absolute Gasteiger partial charge is 0.497 e. The Bertz CT molecular complexity index is 1150. The van der Waals surface area contributed by atoms with Crippen molar-refractivity contribution in [2.45, 2.75) is 37.1 Å². The van der Waals surface area contributed by atoms with E-state index >= 15 is 0 Å². The van der Waals surface area contributed by atoms with Crippen molar-refractivity contribution in [3.05, 3.63) is 59.7 Å². The van der Waals surface area contributed by atoms with Gasteiger partial charge in [0.1, 0.15) is 5.75 Å². The van der Waals surface area contributed by atoms with E-state index in [1.807, 2.05) is 24.3 Å². The van der Waals surface area contributed by atoms with Crippen LogP contribution in [0.3, 0.4) is 0 Å². The van der Waals surface area contributed by atoms with E-state index in [1.165, 1.54) is 4.90 Å². The van der Waals surface area contributed by atoms with Gasteiger partial charge in [-0.2, -0.15) is 0 Å². The molecule has 0 spiro atoms. The smallest absolute Gasteiger partial charge is 0.261 e. The number of hydrogen-bond donors (Lipinski definition) is 0. The summed E-state index contributed by atoms with van der Waals surface area (Å²) in [7, 11) is 1.64. The Morgan fingerprint density at radius 1 is 1.06 bits per heavy atom. The lowest BCUT2D eigenvalue weighted by molar-refractivity contribution is 0.0654. The quantitative estimate of drug-likeness (QED) is 0.262. The zero-order valence-electron chi connectivity index (χ0n) is 19.0. The summed E-state index contributed by atoms with van der Waals surface area (Å²) in [6.45, 7) is 1.85. The second kappa shape index (κ2) is 9.99. The Morgan fingerprint density at radius 2 is 1.79 bits per heavy atom. The minimum Gasteiger partial charge on any atom is -0.497 e. The number of aromatic nitrogens is 3. The van der Waals surface area contributed by atoms with E-state index < -0.39 is 0 Å². The third-order valence-corrected chi connectivity index (χ3v) is 7.16. The number of amides is 2. The molecule has 8 nitrogen and oxygen atoms in total. The summed E-state index contributed by atoms with van der Waals surface area (Å²) in [5, 5.41) is 9.73. The number of ether oxygens (including phenoxy) is 2. The topological polar surface area (TPSA) is 86.6 Å². The molecule has 3 heterocycles. The highest BCUT2D eigenvalue weighted by Gasteiger charge is 2.34. The highest BCUT2D eigenvalue weighted by molar-refractivity contribution is 7.99. The maximum atomic E-state index is 12.6. The Balaban J connectivity index is 1.26. The number of benzene rings is 2.